The van der Waals surface area contributed by atoms with Crippen molar-refractivity contribution in [3.05, 3.63) is 75.9 Å². The maximum absolute atomic E-state index is 12.3. The van der Waals surface area contributed by atoms with Gasteiger partial charge in [-0.3, -0.25) is 4.79 Å². The minimum Gasteiger partial charge on any atom is -0.489 e. The Bertz CT molecular complexity index is 979. The van der Waals surface area contributed by atoms with Gasteiger partial charge in [-0.05, 0) is 67.3 Å². The van der Waals surface area contributed by atoms with Crippen LogP contribution in [0, 0.1) is 6.92 Å². The molecule has 0 aliphatic heterocycles. The van der Waals surface area contributed by atoms with E-state index in [1.165, 1.54) is 11.5 Å². The molecule has 28 heavy (non-hydrogen) atoms. The molecular formula is C20H19ClN4O2S. The number of hydrazone groups is 1. The van der Waals surface area contributed by atoms with Gasteiger partial charge in [-0.25, -0.2) is 5.43 Å². The largest absolute Gasteiger partial charge is 0.489 e. The first kappa shape index (κ1) is 19.9. The summed E-state index contributed by atoms with van der Waals surface area (Å²) in [6.07, 6.45) is 0. The Morgan fingerprint density at radius 1 is 1.21 bits per heavy atom. The van der Waals surface area contributed by atoms with E-state index in [0.29, 0.717) is 27.9 Å². The molecule has 1 aromatic heterocycles. The van der Waals surface area contributed by atoms with Gasteiger partial charge in [-0.2, -0.15) is 9.47 Å². The summed E-state index contributed by atoms with van der Waals surface area (Å²) >= 11 is 7.07. The summed E-state index contributed by atoms with van der Waals surface area (Å²) in [4.78, 5) is 12.3. The van der Waals surface area contributed by atoms with Crippen LogP contribution in [0.5, 0.6) is 5.75 Å². The lowest BCUT2D eigenvalue weighted by Crippen LogP contribution is -2.19. The van der Waals surface area contributed by atoms with E-state index in [1.54, 1.807) is 31.2 Å². The van der Waals surface area contributed by atoms with Crippen LogP contribution in [0.3, 0.4) is 0 Å². The number of aromatic nitrogens is 1. The lowest BCUT2D eigenvalue weighted by molar-refractivity contribution is 0.0955. The molecule has 0 spiro atoms. The number of amides is 1. The van der Waals surface area contributed by atoms with Gasteiger partial charge in [0.15, 0.2) is 0 Å². The van der Waals surface area contributed by atoms with E-state index < -0.39 is 0 Å². The van der Waals surface area contributed by atoms with Crippen LogP contribution in [-0.2, 0) is 6.61 Å². The average Bonchev–Trinajstić information content (AvgIpc) is 3.04. The van der Waals surface area contributed by atoms with Crippen LogP contribution >= 0.6 is 23.1 Å². The summed E-state index contributed by atoms with van der Waals surface area (Å²) in [5.74, 6) is 0.428. The lowest BCUT2D eigenvalue weighted by atomic mass is 10.1. The number of aryl methyl sites for hydroxylation is 1. The summed E-state index contributed by atoms with van der Waals surface area (Å²) in [5.41, 5.74) is 12.1. The third kappa shape index (κ3) is 4.88. The highest BCUT2D eigenvalue weighted by Crippen LogP contribution is 2.21. The first-order valence-electron chi connectivity index (χ1n) is 8.48. The molecule has 0 aliphatic rings. The molecule has 8 heteroatoms. The molecule has 0 saturated carbocycles. The molecule has 0 atom stereocenters. The normalized spacial score (nSPS) is 11.3. The third-order valence-corrected chi connectivity index (χ3v) is 5.03. The first-order valence-corrected chi connectivity index (χ1v) is 9.63. The number of ether oxygens (including phenoxy) is 1. The van der Waals surface area contributed by atoms with E-state index in [9.17, 15) is 4.79 Å². The van der Waals surface area contributed by atoms with Gasteiger partial charge in [-0.15, -0.1) is 0 Å². The Morgan fingerprint density at radius 2 is 1.89 bits per heavy atom. The monoisotopic (exact) mass is 414 g/mol. The number of nitrogens with zero attached hydrogens (tertiary/aromatic N) is 2. The molecule has 0 radical (unpaired) electrons. The molecule has 0 bridgehead atoms. The SMILES string of the molecule is C/C(=N/NC(=O)c1ccc(COc2ccc(Cl)cc2)cc1)c1c(C)nsc1N. The predicted octanol–water partition coefficient (Wildman–Crippen LogP) is 4.42. The minimum absolute atomic E-state index is 0.302. The van der Waals surface area contributed by atoms with Gasteiger partial charge in [0, 0.05) is 10.6 Å². The van der Waals surface area contributed by atoms with E-state index in [-0.39, 0.29) is 5.91 Å². The topological polar surface area (TPSA) is 89.6 Å². The first-order chi connectivity index (χ1) is 13.4. The van der Waals surface area contributed by atoms with Crippen LogP contribution in [-0.4, -0.2) is 16.0 Å². The highest BCUT2D eigenvalue weighted by atomic mass is 35.5. The van der Waals surface area contributed by atoms with Gasteiger partial charge >= 0.3 is 0 Å². The number of hydrogen-bond donors (Lipinski definition) is 2. The summed E-state index contributed by atoms with van der Waals surface area (Å²) < 4.78 is 9.87. The maximum atomic E-state index is 12.3. The van der Waals surface area contributed by atoms with Crippen molar-refractivity contribution >= 4 is 39.8 Å². The Labute approximate surface area is 172 Å². The highest BCUT2D eigenvalue weighted by Gasteiger charge is 2.12. The fourth-order valence-corrected chi connectivity index (χ4v) is 3.37. The van der Waals surface area contributed by atoms with Crippen LogP contribution in [0.1, 0.15) is 34.1 Å². The van der Waals surface area contributed by atoms with E-state index in [1.807, 2.05) is 31.2 Å². The zero-order valence-electron chi connectivity index (χ0n) is 15.4. The lowest BCUT2D eigenvalue weighted by Gasteiger charge is -2.07. The summed E-state index contributed by atoms with van der Waals surface area (Å²) in [6, 6.07) is 14.3. The summed E-state index contributed by atoms with van der Waals surface area (Å²) in [5, 5.41) is 5.38. The third-order valence-electron chi connectivity index (χ3n) is 4.01. The summed E-state index contributed by atoms with van der Waals surface area (Å²) in [7, 11) is 0. The number of benzene rings is 2. The van der Waals surface area contributed by atoms with Crippen molar-refractivity contribution < 1.29 is 9.53 Å². The van der Waals surface area contributed by atoms with Crippen molar-refractivity contribution in [1.29, 1.82) is 0 Å². The van der Waals surface area contributed by atoms with Crippen molar-refractivity contribution in [3.8, 4) is 5.75 Å². The van der Waals surface area contributed by atoms with E-state index >= 15 is 0 Å². The van der Waals surface area contributed by atoms with Crippen LogP contribution < -0.4 is 15.9 Å². The maximum Gasteiger partial charge on any atom is 0.271 e. The van der Waals surface area contributed by atoms with Gasteiger partial charge < -0.3 is 10.5 Å². The molecule has 6 nitrogen and oxygen atoms in total. The van der Waals surface area contributed by atoms with E-state index in [4.69, 9.17) is 22.1 Å². The molecule has 3 aromatic rings. The fraction of sp³-hybridized carbons (Fsp3) is 0.150. The predicted molar refractivity (Wildman–Crippen MR) is 113 cm³/mol. The molecule has 2 aromatic carbocycles. The molecule has 0 unspecified atom stereocenters. The van der Waals surface area contributed by atoms with Crippen molar-refractivity contribution in [1.82, 2.24) is 9.80 Å². The number of carbonyl (C=O) groups is 1. The quantitative estimate of drug-likeness (QED) is 0.461. The number of anilines is 1. The van der Waals surface area contributed by atoms with Gasteiger partial charge in [0.25, 0.3) is 5.91 Å². The second-order valence-electron chi connectivity index (χ2n) is 6.08. The second-order valence-corrected chi connectivity index (χ2v) is 7.33. The van der Waals surface area contributed by atoms with Gasteiger partial charge in [0.05, 0.1) is 17.0 Å². The van der Waals surface area contributed by atoms with Crippen molar-refractivity contribution in [2.24, 2.45) is 5.10 Å². The molecule has 0 aliphatic carbocycles. The molecule has 1 amide bonds. The van der Waals surface area contributed by atoms with Crippen LogP contribution in [0.15, 0.2) is 53.6 Å². The molecular weight excluding hydrogens is 396 g/mol. The molecule has 3 rings (SSSR count). The number of nitrogens with one attached hydrogen (secondary N) is 1. The summed E-state index contributed by atoms with van der Waals surface area (Å²) in [6.45, 7) is 4.03. The second kappa shape index (κ2) is 8.86. The number of rotatable bonds is 6. The highest BCUT2D eigenvalue weighted by molar-refractivity contribution is 7.10. The Kier molecular flexibility index (Phi) is 6.28. The minimum atomic E-state index is -0.302. The Morgan fingerprint density at radius 3 is 2.50 bits per heavy atom. The smallest absolute Gasteiger partial charge is 0.271 e. The number of nitrogens with two attached hydrogens (primary N) is 1. The zero-order chi connectivity index (χ0) is 20.1. The van der Waals surface area contributed by atoms with Crippen LogP contribution in [0.25, 0.3) is 0 Å². The van der Waals surface area contributed by atoms with Gasteiger partial charge in [0.1, 0.15) is 17.4 Å². The molecule has 0 saturated heterocycles. The van der Waals surface area contributed by atoms with E-state index in [2.05, 4.69) is 14.9 Å². The molecule has 1 heterocycles. The van der Waals surface area contributed by atoms with Crippen LogP contribution in [0.2, 0.25) is 5.02 Å². The zero-order valence-corrected chi connectivity index (χ0v) is 17.0. The molecule has 3 N–H and O–H groups in total. The van der Waals surface area contributed by atoms with Crippen molar-refractivity contribution in [3.63, 3.8) is 0 Å². The average molecular weight is 415 g/mol. The van der Waals surface area contributed by atoms with Crippen molar-refractivity contribution in [2.75, 3.05) is 5.73 Å². The van der Waals surface area contributed by atoms with E-state index in [0.717, 1.165) is 22.6 Å². The number of carbonyl (C=O) groups excluding carboxylic acids is 1. The number of hydrogen-bond acceptors (Lipinski definition) is 6. The van der Waals surface area contributed by atoms with Crippen LogP contribution in [0.4, 0.5) is 5.00 Å². The number of nitrogen functional groups attached to an aromatic ring is 1. The standard InChI is InChI=1S/C20H19ClN4O2S/c1-12(18-13(2)25-28-19(18)22)23-24-20(26)15-5-3-14(4-6-15)11-27-17-9-7-16(21)8-10-17/h3-10H,11,22H2,1-2H3,(H,24,26)/b23-12-. The van der Waals surface area contributed by atoms with Gasteiger partial charge in [0.2, 0.25) is 0 Å². The Hall–Kier alpha value is -2.90. The molecule has 144 valence electrons. The fourth-order valence-electron chi connectivity index (χ4n) is 2.53. The Balaban J connectivity index is 1.59. The molecule has 0 fully saturated rings. The number of halogens is 1. The van der Waals surface area contributed by atoms with Gasteiger partial charge in [-0.1, -0.05) is 23.7 Å². The van der Waals surface area contributed by atoms with Crippen molar-refractivity contribution in [2.45, 2.75) is 20.5 Å².